The van der Waals surface area contributed by atoms with Crippen molar-refractivity contribution in [3.05, 3.63) is 95.8 Å². The summed E-state index contributed by atoms with van der Waals surface area (Å²) in [6.45, 7) is 11.6. The van der Waals surface area contributed by atoms with Gasteiger partial charge in [0.2, 0.25) is 29.5 Å². The molecule has 2 aromatic carbocycles. The van der Waals surface area contributed by atoms with E-state index in [0.717, 1.165) is 28.7 Å². The molecule has 1 unspecified atom stereocenters. The van der Waals surface area contributed by atoms with E-state index < -0.39 is 89.4 Å². The SMILES string of the molecule is CC(C)[C@H](NC(O)CCCCCN1C(=O)C=CC1=O)C(=O)N[C@@H](C)C(=O)NCCCN(C(=O)CSCCC(=O)NCCC(=O)N[C@H](CCC(=O)O)C(=O)O)[C@@H](c1cc(-c2cc(F)ccc2F)cn1Cc1ccccc1)C(C)(C)C. The minimum atomic E-state index is -1.41. The second kappa shape index (κ2) is 31.6. The lowest BCUT2D eigenvalue weighted by Crippen LogP contribution is -2.55. The van der Waals surface area contributed by atoms with Gasteiger partial charge in [0.05, 0.1) is 17.8 Å². The monoisotopic (exact) mass is 1120 g/mol. The maximum atomic E-state index is 15.4. The van der Waals surface area contributed by atoms with Crippen LogP contribution in [0.5, 0.6) is 0 Å². The van der Waals surface area contributed by atoms with Crippen LogP contribution in [-0.4, -0.2) is 145 Å². The predicted molar refractivity (Wildman–Crippen MR) is 293 cm³/mol. The highest BCUT2D eigenvalue weighted by atomic mass is 32.2. The summed E-state index contributed by atoms with van der Waals surface area (Å²) in [6.07, 6.45) is 4.35. The summed E-state index contributed by atoms with van der Waals surface area (Å²) < 4.78 is 32.0. The maximum Gasteiger partial charge on any atom is 0.326 e. The van der Waals surface area contributed by atoms with E-state index in [2.05, 4.69) is 26.6 Å². The average molecular weight is 1120 g/mol. The van der Waals surface area contributed by atoms with Crippen LogP contribution in [0.25, 0.3) is 11.1 Å². The lowest BCUT2D eigenvalue weighted by molar-refractivity contribution is -0.143. The van der Waals surface area contributed by atoms with Gasteiger partial charge in [-0.25, -0.2) is 13.6 Å². The molecule has 0 radical (unpaired) electrons. The molecule has 8 N–H and O–H groups in total. The van der Waals surface area contributed by atoms with Crippen LogP contribution in [0.15, 0.2) is 72.9 Å². The van der Waals surface area contributed by atoms with Crippen LogP contribution in [0, 0.1) is 23.0 Å². The van der Waals surface area contributed by atoms with Crippen LogP contribution in [0.2, 0.25) is 0 Å². The van der Waals surface area contributed by atoms with Crippen LogP contribution in [0.3, 0.4) is 0 Å². The summed E-state index contributed by atoms with van der Waals surface area (Å²) in [6, 6.07) is 10.5. The van der Waals surface area contributed by atoms with Crippen molar-refractivity contribution in [1.29, 1.82) is 0 Å². The van der Waals surface area contributed by atoms with E-state index in [1.54, 1.807) is 31.0 Å². The van der Waals surface area contributed by atoms with E-state index in [0.29, 0.717) is 43.5 Å². The normalized spacial score (nSPS) is 14.3. The van der Waals surface area contributed by atoms with E-state index in [9.17, 15) is 57.8 Å². The molecular weight excluding hydrogens is 1050 g/mol. The highest BCUT2D eigenvalue weighted by Crippen LogP contribution is 2.41. The summed E-state index contributed by atoms with van der Waals surface area (Å²) >= 11 is 1.19. The molecule has 4 rings (SSSR count). The molecule has 7 amide bonds. The minimum absolute atomic E-state index is 0.0293. The highest BCUT2D eigenvalue weighted by molar-refractivity contribution is 7.99. The summed E-state index contributed by atoms with van der Waals surface area (Å²) in [5, 5.41) is 42.4. The van der Waals surface area contributed by atoms with Gasteiger partial charge in [-0.05, 0) is 80.2 Å². The number of benzene rings is 2. The fraction of sp³-hybridized carbons (Fsp3) is 0.518. The molecule has 23 heteroatoms. The van der Waals surface area contributed by atoms with Crippen LogP contribution < -0.4 is 26.6 Å². The number of hydrogen-bond acceptors (Lipinski definition) is 12. The zero-order chi connectivity index (χ0) is 58.4. The number of thioether (sulfide) groups is 1. The number of unbranched alkanes of at least 4 members (excludes halogenated alkanes) is 2. The van der Waals surface area contributed by atoms with E-state index >= 15 is 4.39 Å². The van der Waals surface area contributed by atoms with E-state index in [1.807, 2.05) is 55.7 Å². The number of carbonyl (C=O) groups excluding carboxylic acids is 7. The first-order chi connectivity index (χ1) is 37.4. The summed E-state index contributed by atoms with van der Waals surface area (Å²) in [5.41, 5.74) is 1.25. The first-order valence-corrected chi connectivity index (χ1v) is 27.6. The number of aliphatic hydroxyl groups excluding tert-OH is 1. The maximum absolute atomic E-state index is 15.4. The molecule has 20 nitrogen and oxygen atoms in total. The van der Waals surface area contributed by atoms with Crippen molar-refractivity contribution < 1.29 is 67.3 Å². The highest BCUT2D eigenvalue weighted by Gasteiger charge is 2.37. The quantitative estimate of drug-likeness (QED) is 0.0225. The predicted octanol–water partition coefficient (Wildman–Crippen LogP) is 4.89. The number of hydrogen-bond donors (Lipinski definition) is 8. The standard InChI is InChI=1S/C56H76F2N8O12S/c1-35(2)51(63-45(68)16-11-8-12-27-65-47(70)20-21-48(65)71)54(76)61-36(3)53(75)60-25-13-28-66(49(72)34-79-29-24-44(67)59-26-23-46(69)62-42(55(77)78)19-22-50(73)74)52(56(4,5)6)43-30-38(40-31-39(57)17-18-41(40)58)33-64(43)32-37-14-9-7-10-15-37/h7,9-10,14-15,17-18,20-21,30-31,33,35-36,42,45,51-52,63,68H,8,11-13,16,19,22-29,32,34H2,1-6H3,(H,59,67)(H,60,75)(H,61,76)(H,62,69)(H,73,74)(H,77,78)/t36-,42+,45?,51-,52-/m0/s1. The van der Waals surface area contributed by atoms with Gasteiger partial charge in [0, 0.05) is 92.9 Å². The van der Waals surface area contributed by atoms with Gasteiger partial charge in [0.25, 0.3) is 11.8 Å². The number of nitrogens with one attached hydrogen (secondary N) is 5. The van der Waals surface area contributed by atoms with Gasteiger partial charge in [-0.1, -0.05) is 71.4 Å². The van der Waals surface area contributed by atoms with Crippen molar-refractivity contribution in [1.82, 2.24) is 41.0 Å². The number of carboxylic acid groups (broad SMARTS) is 2. The summed E-state index contributed by atoms with van der Waals surface area (Å²) in [4.78, 5) is 116. The number of aliphatic carboxylic acids is 2. The van der Waals surface area contributed by atoms with E-state index in [-0.39, 0.29) is 92.6 Å². The number of aliphatic hydroxyl groups is 1. The minimum Gasteiger partial charge on any atom is -0.481 e. The zero-order valence-electron chi connectivity index (χ0n) is 45.7. The summed E-state index contributed by atoms with van der Waals surface area (Å²) in [5.74, 6) is -7.20. The second-order valence-electron chi connectivity index (χ2n) is 20.8. The van der Waals surface area contributed by atoms with E-state index in [4.69, 9.17) is 5.11 Å². The van der Waals surface area contributed by atoms with Crippen molar-refractivity contribution in [2.24, 2.45) is 11.3 Å². The van der Waals surface area contributed by atoms with Crippen LogP contribution in [0.1, 0.15) is 117 Å². The number of imide groups is 1. The van der Waals surface area contributed by atoms with E-state index in [1.165, 1.54) is 30.8 Å². The number of aromatic nitrogens is 1. The van der Waals surface area contributed by atoms with Crippen LogP contribution in [-0.2, 0) is 49.7 Å². The second-order valence-corrected chi connectivity index (χ2v) is 21.9. The Morgan fingerprint density at radius 3 is 2.11 bits per heavy atom. The molecule has 79 heavy (non-hydrogen) atoms. The fourth-order valence-corrected chi connectivity index (χ4v) is 9.71. The Morgan fingerprint density at radius 1 is 0.772 bits per heavy atom. The first kappa shape index (κ1) is 64.5. The van der Waals surface area contributed by atoms with Crippen molar-refractivity contribution in [3.8, 4) is 11.1 Å². The number of nitrogens with zero attached hydrogens (tertiary/aromatic N) is 3. The average Bonchev–Trinajstić information content (AvgIpc) is 3.99. The molecule has 432 valence electrons. The Balaban J connectivity index is 1.44. The number of carbonyl (C=O) groups is 9. The number of rotatable bonds is 34. The molecule has 2 heterocycles. The fourth-order valence-electron chi connectivity index (χ4n) is 8.89. The number of carboxylic acids is 2. The molecular formula is C56H76F2N8O12S. The van der Waals surface area contributed by atoms with Gasteiger partial charge in [-0.2, -0.15) is 11.8 Å². The van der Waals surface area contributed by atoms with Gasteiger partial charge in [0.1, 0.15) is 29.9 Å². The Bertz CT molecular complexity index is 2610. The van der Waals surface area contributed by atoms with Crippen molar-refractivity contribution in [2.75, 3.05) is 37.7 Å². The number of amides is 7. The van der Waals surface area contributed by atoms with Gasteiger partial charge in [-0.15, -0.1) is 0 Å². The Hall–Kier alpha value is -6.98. The smallest absolute Gasteiger partial charge is 0.326 e. The third kappa shape index (κ3) is 21.3. The molecule has 1 aromatic heterocycles. The van der Waals surface area contributed by atoms with Crippen molar-refractivity contribution >= 4 is 65.1 Å². The zero-order valence-corrected chi connectivity index (χ0v) is 46.5. The Morgan fingerprint density at radius 2 is 1.47 bits per heavy atom. The first-order valence-electron chi connectivity index (χ1n) is 26.5. The molecule has 1 aliphatic rings. The molecule has 3 aromatic rings. The third-order valence-electron chi connectivity index (χ3n) is 13.0. The lowest BCUT2D eigenvalue weighted by Gasteiger charge is -2.41. The Kier molecular flexibility index (Phi) is 25.8. The molecule has 0 bridgehead atoms. The largest absolute Gasteiger partial charge is 0.481 e. The van der Waals surface area contributed by atoms with Crippen molar-refractivity contribution in [2.45, 2.75) is 136 Å². The molecule has 0 saturated heterocycles. The molecule has 0 saturated carbocycles. The topological polar surface area (TPSA) is 286 Å². The van der Waals surface area contributed by atoms with Gasteiger partial charge >= 0.3 is 11.9 Å². The van der Waals surface area contributed by atoms with Gasteiger partial charge in [0.15, 0.2) is 0 Å². The summed E-state index contributed by atoms with van der Waals surface area (Å²) in [7, 11) is 0. The molecule has 0 spiro atoms. The van der Waals surface area contributed by atoms with Gasteiger partial charge < -0.3 is 46.1 Å². The van der Waals surface area contributed by atoms with Crippen LogP contribution in [0.4, 0.5) is 8.78 Å². The van der Waals surface area contributed by atoms with Gasteiger partial charge in [-0.3, -0.25) is 48.6 Å². The molecule has 0 fully saturated rings. The molecule has 0 aliphatic carbocycles. The lowest BCUT2D eigenvalue weighted by atomic mass is 9.83. The Labute approximate surface area is 463 Å². The molecule has 1 aliphatic heterocycles. The molecule has 5 atom stereocenters. The third-order valence-corrected chi connectivity index (χ3v) is 13.9. The number of halogens is 2. The van der Waals surface area contributed by atoms with Crippen molar-refractivity contribution in [3.63, 3.8) is 0 Å². The van der Waals surface area contributed by atoms with Crippen LogP contribution >= 0.6 is 11.8 Å².